The number of hydrogen-bond donors (Lipinski definition) is 2. The van der Waals surface area contributed by atoms with E-state index in [0.29, 0.717) is 5.69 Å². The van der Waals surface area contributed by atoms with Crippen LogP contribution < -0.4 is 10.3 Å². The van der Waals surface area contributed by atoms with Crippen LogP contribution in [0.5, 0.6) is 0 Å². The third-order valence-corrected chi connectivity index (χ3v) is 2.66. The molecule has 4 heteroatoms. The summed E-state index contributed by atoms with van der Waals surface area (Å²) in [6.07, 6.45) is 4.30. The zero-order valence-corrected chi connectivity index (χ0v) is 9.02. The van der Waals surface area contributed by atoms with E-state index in [1.54, 1.807) is 0 Å². The monoisotopic (exact) mass is 225 g/mol. The molecule has 86 valence electrons. The molecule has 1 aliphatic rings. The fraction of sp³-hybridized carbons (Fsp3) is 0.417. The van der Waals surface area contributed by atoms with E-state index in [-0.39, 0.29) is 0 Å². The lowest BCUT2D eigenvalue weighted by molar-refractivity contribution is -0.457. The van der Waals surface area contributed by atoms with E-state index in [4.69, 9.17) is 0 Å². The van der Waals surface area contributed by atoms with Crippen molar-refractivity contribution in [3.05, 3.63) is 29.8 Å². The van der Waals surface area contributed by atoms with Crippen LogP contribution in [0.3, 0.4) is 0 Å². The summed E-state index contributed by atoms with van der Waals surface area (Å²) in [7, 11) is 0. The van der Waals surface area contributed by atoms with E-state index in [1.807, 2.05) is 0 Å². The van der Waals surface area contributed by atoms with E-state index < -0.39 is 11.6 Å². The van der Waals surface area contributed by atoms with E-state index in [9.17, 15) is 8.78 Å². The van der Waals surface area contributed by atoms with Gasteiger partial charge in [0.2, 0.25) is 5.84 Å². The first kappa shape index (κ1) is 11.0. The molecule has 0 radical (unpaired) electrons. The second-order valence-electron chi connectivity index (χ2n) is 3.97. The summed E-state index contributed by atoms with van der Waals surface area (Å²) in [4.78, 5) is 3.22. The fourth-order valence-electron chi connectivity index (χ4n) is 1.79. The predicted octanol–water partition coefficient (Wildman–Crippen LogP) is 1.43. The first-order valence-corrected chi connectivity index (χ1v) is 5.57. The lowest BCUT2D eigenvalue weighted by atomic mass is 10.2. The zero-order valence-electron chi connectivity index (χ0n) is 9.02. The van der Waals surface area contributed by atoms with E-state index >= 15 is 0 Å². The topological polar surface area (TPSA) is 26.0 Å². The molecule has 0 saturated carbocycles. The van der Waals surface area contributed by atoms with Gasteiger partial charge >= 0.3 is 0 Å². The number of halogens is 2. The summed E-state index contributed by atoms with van der Waals surface area (Å²) in [5.74, 6) is -0.191. The van der Waals surface area contributed by atoms with E-state index in [0.717, 1.165) is 37.7 Å². The highest BCUT2D eigenvalue weighted by molar-refractivity contribution is 5.91. The zero-order chi connectivity index (χ0) is 11.4. The Kier molecular flexibility index (Phi) is 3.49. The molecule has 0 fully saturated rings. The van der Waals surface area contributed by atoms with Gasteiger partial charge in [0.05, 0.1) is 6.54 Å². The number of rotatable bonds is 1. The Morgan fingerprint density at radius 1 is 1.12 bits per heavy atom. The highest BCUT2D eigenvalue weighted by atomic mass is 19.1. The lowest BCUT2D eigenvalue weighted by Gasteiger charge is -2.02. The Balaban J connectivity index is 2.10. The van der Waals surface area contributed by atoms with Crippen LogP contribution in [0, 0.1) is 11.6 Å². The molecule has 0 saturated heterocycles. The first-order chi connectivity index (χ1) is 7.75. The summed E-state index contributed by atoms with van der Waals surface area (Å²) in [6, 6.07) is 3.56. The van der Waals surface area contributed by atoms with Gasteiger partial charge in [-0.05, 0) is 31.4 Å². The molecule has 1 heterocycles. The van der Waals surface area contributed by atoms with Gasteiger partial charge in [-0.3, -0.25) is 4.99 Å². The van der Waals surface area contributed by atoms with E-state index in [2.05, 4.69) is 10.3 Å². The number of hydrogen-bond acceptors (Lipinski definition) is 1. The van der Waals surface area contributed by atoms with Gasteiger partial charge in [0.1, 0.15) is 5.82 Å². The molecule has 0 unspecified atom stereocenters. The number of benzene rings is 1. The molecule has 16 heavy (non-hydrogen) atoms. The molecule has 0 aromatic heterocycles. The Hall–Kier alpha value is -1.45. The normalized spacial score (nSPS) is 16.5. The van der Waals surface area contributed by atoms with Gasteiger partial charge in [-0.2, -0.15) is 0 Å². The van der Waals surface area contributed by atoms with Crippen LogP contribution in [0.1, 0.15) is 25.7 Å². The minimum Gasteiger partial charge on any atom is -0.278 e. The summed E-state index contributed by atoms with van der Waals surface area (Å²) in [5, 5.41) is 2.98. The molecular weight excluding hydrogens is 210 g/mol. The molecule has 0 bridgehead atoms. The Bertz CT molecular complexity index is 402. The average molecular weight is 225 g/mol. The average Bonchev–Trinajstić information content (AvgIpc) is 2.51. The van der Waals surface area contributed by atoms with Crippen LogP contribution in [0.25, 0.3) is 0 Å². The SMILES string of the molecule is Fc1ccc(NC2=[NH+]CCCCC2)c(F)c1. The van der Waals surface area contributed by atoms with Gasteiger partial charge < -0.3 is 0 Å². The Labute approximate surface area is 93.4 Å². The highest BCUT2D eigenvalue weighted by Crippen LogP contribution is 2.15. The van der Waals surface area contributed by atoms with Crippen molar-refractivity contribution in [3.8, 4) is 0 Å². The van der Waals surface area contributed by atoms with Gasteiger partial charge in [0.15, 0.2) is 11.5 Å². The standard InChI is InChI=1S/C12H14F2N2/c13-9-5-6-11(10(14)8-9)16-12-4-2-1-3-7-15-12/h5-6,8H,1-4,7H2,(H,15,16)/p+1. The van der Waals surface area contributed by atoms with Crippen molar-refractivity contribution < 1.29 is 13.8 Å². The first-order valence-electron chi connectivity index (χ1n) is 5.57. The van der Waals surface area contributed by atoms with Crippen LogP contribution in [-0.2, 0) is 0 Å². The molecule has 0 amide bonds. The van der Waals surface area contributed by atoms with Crippen molar-refractivity contribution in [3.63, 3.8) is 0 Å². The molecule has 2 N–H and O–H groups in total. The maximum Gasteiger partial charge on any atom is 0.247 e. The van der Waals surface area contributed by atoms with Crippen LogP contribution in [0.4, 0.5) is 14.5 Å². The molecule has 1 aromatic carbocycles. The Morgan fingerprint density at radius 2 is 2.00 bits per heavy atom. The minimum absolute atomic E-state index is 0.325. The predicted molar refractivity (Wildman–Crippen MR) is 59.3 cm³/mol. The summed E-state index contributed by atoms with van der Waals surface area (Å²) in [6.45, 7) is 0.908. The van der Waals surface area contributed by atoms with Crippen LogP contribution in [-0.4, -0.2) is 12.4 Å². The smallest absolute Gasteiger partial charge is 0.247 e. The van der Waals surface area contributed by atoms with Crippen molar-refractivity contribution in [1.82, 2.24) is 0 Å². The quantitative estimate of drug-likeness (QED) is 0.743. The van der Waals surface area contributed by atoms with Crippen molar-refractivity contribution in [2.75, 3.05) is 11.9 Å². The van der Waals surface area contributed by atoms with Gasteiger partial charge in [0, 0.05) is 12.5 Å². The fourth-order valence-corrected chi connectivity index (χ4v) is 1.79. The lowest BCUT2D eigenvalue weighted by Crippen LogP contribution is -2.74. The van der Waals surface area contributed by atoms with Crippen molar-refractivity contribution in [1.29, 1.82) is 0 Å². The van der Waals surface area contributed by atoms with Gasteiger partial charge in [-0.15, -0.1) is 0 Å². The summed E-state index contributed by atoms with van der Waals surface area (Å²) < 4.78 is 26.1. The van der Waals surface area contributed by atoms with Crippen molar-refractivity contribution >= 4 is 11.5 Å². The molecule has 1 aliphatic heterocycles. The van der Waals surface area contributed by atoms with Crippen LogP contribution >= 0.6 is 0 Å². The maximum absolute atomic E-state index is 13.4. The number of amidine groups is 1. The Morgan fingerprint density at radius 3 is 2.81 bits per heavy atom. The highest BCUT2D eigenvalue weighted by Gasteiger charge is 2.14. The van der Waals surface area contributed by atoms with Crippen LogP contribution in [0.15, 0.2) is 18.2 Å². The number of nitrogens with one attached hydrogen (secondary N) is 2. The molecule has 2 rings (SSSR count). The maximum atomic E-state index is 13.4. The third-order valence-electron chi connectivity index (χ3n) is 2.66. The van der Waals surface area contributed by atoms with Crippen molar-refractivity contribution in [2.45, 2.75) is 25.7 Å². The molecule has 0 spiro atoms. The van der Waals surface area contributed by atoms with Gasteiger partial charge in [0.25, 0.3) is 0 Å². The molecule has 1 aromatic rings. The third kappa shape index (κ3) is 2.78. The van der Waals surface area contributed by atoms with Gasteiger partial charge in [-0.1, -0.05) is 0 Å². The second kappa shape index (κ2) is 5.05. The minimum atomic E-state index is -0.557. The van der Waals surface area contributed by atoms with E-state index in [1.165, 1.54) is 18.6 Å². The molecular formula is C12H15F2N2+. The summed E-state index contributed by atoms with van der Waals surface area (Å²) in [5.41, 5.74) is 0.325. The molecule has 0 aliphatic carbocycles. The molecule has 0 atom stereocenters. The molecule has 2 nitrogen and oxygen atoms in total. The van der Waals surface area contributed by atoms with Gasteiger partial charge in [-0.25, -0.2) is 14.1 Å². The van der Waals surface area contributed by atoms with Crippen LogP contribution in [0.2, 0.25) is 0 Å². The largest absolute Gasteiger partial charge is 0.278 e. The summed E-state index contributed by atoms with van der Waals surface area (Å²) >= 11 is 0. The second-order valence-corrected chi connectivity index (χ2v) is 3.97. The number of anilines is 1. The van der Waals surface area contributed by atoms with Crippen molar-refractivity contribution in [2.24, 2.45) is 0 Å².